The Morgan fingerprint density at radius 3 is 2.90 bits per heavy atom. The molecule has 2 unspecified atom stereocenters. The van der Waals surface area contributed by atoms with E-state index in [1.54, 1.807) is 0 Å². The van der Waals surface area contributed by atoms with Crippen LogP contribution in [0.15, 0.2) is 24.3 Å². The highest BCUT2D eigenvalue weighted by molar-refractivity contribution is 5.74. The number of para-hydroxylation sites is 1. The third kappa shape index (κ3) is 4.63. The van der Waals surface area contributed by atoms with Crippen LogP contribution in [-0.4, -0.2) is 36.4 Å². The third-order valence-electron chi connectivity index (χ3n) is 3.53. The molecule has 1 aliphatic heterocycles. The minimum atomic E-state index is -0.248. The number of rotatable bonds is 5. The van der Waals surface area contributed by atoms with E-state index in [1.165, 1.54) is 0 Å². The van der Waals surface area contributed by atoms with E-state index in [0.717, 1.165) is 24.2 Å². The van der Waals surface area contributed by atoms with Gasteiger partial charge in [0.25, 0.3) is 0 Å². The summed E-state index contributed by atoms with van der Waals surface area (Å²) in [5.41, 5.74) is 1.11. The Kier molecular flexibility index (Phi) is 5.44. The second-order valence-electron chi connectivity index (χ2n) is 5.95. The third-order valence-corrected chi connectivity index (χ3v) is 3.53. The van der Waals surface area contributed by atoms with Crippen LogP contribution in [0.3, 0.4) is 0 Å². The molecule has 0 saturated heterocycles. The molecular weight excluding hydrogens is 268 g/mol. The molecule has 1 aliphatic rings. The van der Waals surface area contributed by atoms with Gasteiger partial charge in [-0.3, -0.25) is 0 Å². The number of carbonyl (C=O) groups excluding carboxylic acids is 1. The van der Waals surface area contributed by atoms with E-state index in [1.807, 2.05) is 24.3 Å². The van der Waals surface area contributed by atoms with Crippen molar-refractivity contribution in [2.75, 3.05) is 13.2 Å². The summed E-state index contributed by atoms with van der Waals surface area (Å²) in [6.45, 7) is 4.55. The first-order valence-electron chi connectivity index (χ1n) is 7.47. The molecule has 1 aromatic carbocycles. The SMILES string of the molecule is CC(C)CC(CO)NC(=O)NC1COc2ccccc2C1. The van der Waals surface area contributed by atoms with E-state index < -0.39 is 0 Å². The molecule has 1 aromatic rings. The zero-order chi connectivity index (χ0) is 15.2. The van der Waals surface area contributed by atoms with Gasteiger partial charge in [0.2, 0.25) is 0 Å². The molecule has 5 heteroatoms. The lowest BCUT2D eigenvalue weighted by atomic mass is 10.0. The Morgan fingerprint density at radius 2 is 2.19 bits per heavy atom. The maximum Gasteiger partial charge on any atom is 0.315 e. The highest BCUT2D eigenvalue weighted by atomic mass is 16.5. The molecular formula is C16H24N2O3. The lowest BCUT2D eigenvalue weighted by molar-refractivity contribution is 0.194. The number of fused-ring (bicyclic) bond motifs is 1. The zero-order valence-electron chi connectivity index (χ0n) is 12.6. The van der Waals surface area contributed by atoms with Gasteiger partial charge in [0, 0.05) is 0 Å². The van der Waals surface area contributed by atoms with Crippen LogP contribution in [-0.2, 0) is 6.42 Å². The molecule has 2 atom stereocenters. The van der Waals surface area contributed by atoms with Gasteiger partial charge < -0.3 is 20.5 Å². The second-order valence-corrected chi connectivity index (χ2v) is 5.95. The van der Waals surface area contributed by atoms with Crippen LogP contribution in [0.25, 0.3) is 0 Å². The van der Waals surface area contributed by atoms with Gasteiger partial charge in [-0.1, -0.05) is 32.0 Å². The summed E-state index contributed by atoms with van der Waals surface area (Å²) in [4.78, 5) is 12.0. The lowest BCUT2D eigenvalue weighted by Crippen LogP contribution is -2.50. The molecule has 0 spiro atoms. The van der Waals surface area contributed by atoms with Gasteiger partial charge in [-0.15, -0.1) is 0 Å². The predicted molar refractivity (Wildman–Crippen MR) is 81.4 cm³/mol. The van der Waals surface area contributed by atoms with Crippen molar-refractivity contribution in [3.05, 3.63) is 29.8 Å². The Balaban J connectivity index is 1.84. The maximum absolute atomic E-state index is 12.0. The summed E-state index contributed by atoms with van der Waals surface area (Å²) in [6, 6.07) is 7.36. The van der Waals surface area contributed by atoms with E-state index >= 15 is 0 Å². The predicted octanol–water partition coefficient (Wildman–Crippen LogP) is 1.70. The van der Waals surface area contributed by atoms with Gasteiger partial charge in [0.1, 0.15) is 12.4 Å². The quantitative estimate of drug-likeness (QED) is 0.773. The molecule has 5 nitrogen and oxygen atoms in total. The molecule has 2 rings (SSSR count). The van der Waals surface area contributed by atoms with Crippen molar-refractivity contribution in [2.45, 2.75) is 38.8 Å². The number of carbonyl (C=O) groups is 1. The molecule has 0 aromatic heterocycles. The number of benzene rings is 1. The van der Waals surface area contributed by atoms with Crippen molar-refractivity contribution in [3.63, 3.8) is 0 Å². The van der Waals surface area contributed by atoms with Gasteiger partial charge in [0.05, 0.1) is 18.7 Å². The standard InChI is InChI=1S/C16H24N2O3/c1-11(2)7-13(9-19)17-16(20)18-14-8-12-5-3-4-6-15(12)21-10-14/h3-6,11,13-14,19H,7-10H2,1-2H3,(H2,17,18,20). The molecule has 0 bridgehead atoms. The van der Waals surface area contributed by atoms with Crippen LogP contribution < -0.4 is 15.4 Å². The molecule has 116 valence electrons. The summed E-state index contributed by atoms with van der Waals surface area (Å²) < 4.78 is 5.64. The van der Waals surface area contributed by atoms with Gasteiger partial charge in [-0.25, -0.2) is 4.79 Å². The van der Waals surface area contributed by atoms with E-state index in [0.29, 0.717) is 12.5 Å². The van der Waals surface area contributed by atoms with Crippen LogP contribution >= 0.6 is 0 Å². The summed E-state index contributed by atoms with van der Waals surface area (Å²) in [6.07, 6.45) is 1.52. The first kappa shape index (κ1) is 15.6. The minimum absolute atomic E-state index is 0.0432. The average molecular weight is 292 g/mol. The monoisotopic (exact) mass is 292 g/mol. The van der Waals surface area contributed by atoms with Crippen molar-refractivity contribution in [3.8, 4) is 5.75 Å². The first-order valence-corrected chi connectivity index (χ1v) is 7.47. The van der Waals surface area contributed by atoms with E-state index in [-0.39, 0.29) is 24.7 Å². The number of amides is 2. The highest BCUT2D eigenvalue weighted by Crippen LogP contribution is 2.23. The molecule has 21 heavy (non-hydrogen) atoms. The highest BCUT2D eigenvalue weighted by Gasteiger charge is 2.22. The van der Waals surface area contributed by atoms with Gasteiger partial charge in [-0.05, 0) is 30.4 Å². The summed E-state index contributed by atoms with van der Waals surface area (Å²) in [5.74, 6) is 1.32. The Hall–Kier alpha value is -1.75. The smallest absolute Gasteiger partial charge is 0.315 e. The van der Waals surface area contributed by atoms with Crippen LogP contribution in [0, 0.1) is 5.92 Å². The topological polar surface area (TPSA) is 70.6 Å². The normalized spacial score (nSPS) is 18.6. The zero-order valence-corrected chi connectivity index (χ0v) is 12.6. The van der Waals surface area contributed by atoms with Crippen LogP contribution in [0.1, 0.15) is 25.8 Å². The molecule has 1 heterocycles. The lowest BCUT2D eigenvalue weighted by Gasteiger charge is -2.27. The fraction of sp³-hybridized carbons (Fsp3) is 0.562. The van der Waals surface area contributed by atoms with E-state index in [4.69, 9.17) is 4.74 Å². The number of nitrogens with one attached hydrogen (secondary N) is 2. The Morgan fingerprint density at radius 1 is 1.43 bits per heavy atom. The summed E-state index contributed by atoms with van der Waals surface area (Å²) in [7, 11) is 0. The second kappa shape index (κ2) is 7.31. The van der Waals surface area contributed by atoms with Crippen molar-refractivity contribution in [2.24, 2.45) is 5.92 Å². The first-order chi connectivity index (χ1) is 10.1. The van der Waals surface area contributed by atoms with Crippen LogP contribution in [0.4, 0.5) is 4.79 Å². The molecule has 0 fully saturated rings. The minimum Gasteiger partial charge on any atom is -0.491 e. The maximum atomic E-state index is 12.0. The van der Waals surface area contributed by atoms with Gasteiger partial charge in [0.15, 0.2) is 0 Å². The summed E-state index contributed by atoms with van der Waals surface area (Å²) in [5, 5.41) is 15.0. The Labute approximate surface area is 125 Å². The van der Waals surface area contributed by atoms with Gasteiger partial charge >= 0.3 is 6.03 Å². The average Bonchev–Trinajstić information content (AvgIpc) is 2.45. The van der Waals surface area contributed by atoms with E-state index in [9.17, 15) is 9.90 Å². The Bertz CT molecular complexity index is 476. The van der Waals surface area contributed by atoms with Crippen molar-refractivity contribution < 1.29 is 14.6 Å². The number of aliphatic hydroxyl groups excluding tert-OH is 1. The number of ether oxygens (including phenoxy) is 1. The number of hydrogen-bond acceptors (Lipinski definition) is 3. The fourth-order valence-electron chi connectivity index (χ4n) is 2.58. The number of aliphatic hydroxyl groups is 1. The van der Waals surface area contributed by atoms with Crippen molar-refractivity contribution in [1.82, 2.24) is 10.6 Å². The number of urea groups is 1. The van der Waals surface area contributed by atoms with Crippen molar-refractivity contribution >= 4 is 6.03 Å². The van der Waals surface area contributed by atoms with Crippen LogP contribution in [0.2, 0.25) is 0 Å². The fourth-order valence-corrected chi connectivity index (χ4v) is 2.58. The summed E-state index contributed by atoms with van der Waals surface area (Å²) >= 11 is 0. The van der Waals surface area contributed by atoms with Gasteiger partial charge in [-0.2, -0.15) is 0 Å². The molecule has 0 saturated carbocycles. The van der Waals surface area contributed by atoms with Crippen molar-refractivity contribution in [1.29, 1.82) is 0 Å². The molecule has 2 amide bonds. The van der Waals surface area contributed by atoms with Crippen LogP contribution in [0.5, 0.6) is 5.75 Å². The molecule has 3 N–H and O–H groups in total. The molecule has 0 aliphatic carbocycles. The largest absolute Gasteiger partial charge is 0.491 e. The molecule has 0 radical (unpaired) electrons. The number of hydrogen-bond donors (Lipinski definition) is 3. The van der Waals surface area contributed by atoms with E-state index in [2.05, 4.69) is 24.5 Å².